The van der Waals surface area contributed by atoms with E-state index in [-0.39, 0.29) is 11.7 Å². The summed E-state index contributed by atoms with van der Waals surface area (Å²) in [6.45, 7) is 3.29. The molecule has 1 saturated carbocycles. The van der Waals surface area contributed by atoms with Crippen LogP contribution in [0.1, 0.15) is 67.3 Å². The zero-order chi connectivity index (χ0) is 18.3. The smallest absolute Gasteiger partial charge is 0.225 e. The van der Waals surface area contributed by atoms with Crippen LogP contribution in [0.4, 0.5) is 0 Å². The number of benzene rings is 1. The van der Waals surface area contributed by atoms with Gasteiger partial charge in [-0.15, -0.1) is 0 Å². The molecule has 0 radical (unpaired) electrons. The van der Waals surface area contributed by atoms with E-state index in [4.69, 9.17) is 16.3 Å². The maximum atomic E-state index is 12.8. The lowest BCUT2D eigenvalue weighted by Crippen LogP contribution is -2.53. The molecule has 0 aromatic heterocycles. The quantitative estimate of drug-likeness (QED) is 0.723. The van der Waals surface area contributed by atoms with E-state index in [0.29, 0.717) is 41.8 Å². The van der Waals surface area contributed by atoms with Gasteiger partial charge in [0.15, 0.2) is 5.78 Å². The van der Waals surface area contributed by atoms with Crippen LogP contribution >= 0.6 is 11.6 Å². The number of carbonyl (C=O) groups excluding carboxylic acids is 2. The molecule has 2 aliphatic heterocycles. The van der Waals surface area contributed by atoms with E-state index in [1.807, 2.05) is 17.9 Å². The molecule has 1 aromatic carbocycles. The van der Waals surface area contributed by atoms with E-state index in [9.17, 15) is 9.59 Å². The normalized spacial score (nSPS) is 22.8. The lowest BCUT2D eigenvalue weighted by Gasteiger charge is -2.44. The predicted molar refractivity (Wildman–Crippen MR) is 101 cm³/mol. The van der Waals surface area contributed by atoms with Gasteiger partial charge in [-0.05, 0) is 37.5 Å². The fraction of sp³-hybridized carbons (Fsp3) is 0.619. The molecular formula is C21H26ClNO3. The minimum atomic E-state index is -0.465. The summed E-state index contributed by atoms with van der Waals surface area (Å²) in [7, 11) is 0. The third-order valence-corrected chi connectivity index (χ3v) is 6.72. The highest BCUT2D eigenvalue weighted by molar-refractivity contribution is 6.31. The Kier molecular flexibility index (Phi) is 4.72. The first-order valence-corrected chi connectivity index (χ1v) is 10.2. The number of likely N-dealkylation sites (tertiary alicyclic amines) is 1. The van der Waals surface area contributed by atoms with Crippen molar-refractivity contribution in [1.29, 1.82) is 0 Å². The third kappa shape index (κ3) is 3.24. The summed E-state index contributed by atoms with van der Waals surface area (Å²) in [5.41, 5.74) is 1.04. The van der Waals surface area contributed by atoms with E-state index >= 15 is 0 Å². The summed E-state index contributed by atoms with van der Waals surface area (Å²) in [5, 5.41) is 0.601. The van der Waals surface area contributed by atoms with Crippen LogP contribution in [0.3, 0.4) is 0 Å². The number of rotatable bonds is 1. The lowest BCUT2D eigenvalue weighted by molar-refractivity contribution is -0.140. The van der Waals surface area contributed by atoms with Gasteiger partial charge in [0.05, 0.1) is 12.0 Å². The molecule has 0 bridgehead atoms. The number of hydrogen-bond donors (Lipinski definition) is 0. The second kappa shape index (κ2) is 6.88. The summed E-state index contributed by atoms with van der Waals surface area (Å²) in [5.74, 6) is 1.26. The van der Waals surface area contributed by atoms with Crippen molar-refractivity contribution in [3.63, 3.8) is 0 Å². The second-order valence-electron chi connectivity index (χ2n) is 8.14. The molecule has 1 aliphatic carbocycles. The number of nitrogens with zero attached hydrogens (tertiary/aromatic N) is 1. The van der Waals surface area contributed by atoms with Crippen LogP contribution < -0.4 is 4.74 Å². The number of aryl methyl sites for hydroxylation is 1. The Morgan fingerprint density at radius 1 is 1.19 bits per heavy atom. The van der Waals surface area contributed by atoms with Crippen molar-refractivity contribution >= 4 is 23.3 Å². The molecule has 1 aromatic rings. The SMILES string of the molecule is Cc1cc2c(cc1Cl)C(=O)CC1(CCN(C(=O)C3CCCCC3)CC1)O2. The molecule has 0 atom stereocenters. The summed E-state index contributed by atoms with van der Waals surface area (Å²) in [6.07, 6.45) is 7.48. The molecule has 1 spiro atoms. The monoisotopic (exact) mass is 375 g/mol. The van der Waals surface area contributed by atoms with Crippen LogP contribution in [-0.4, -0.2) is 35.3 Å². The van der Waals surface area contributed by atoms with Crippen LogP contribution in [-0.2, 0) is 4.79 Å². The Balaban J connectivity index is 1.46. The van der Waals surface area contributed by atoms with Crippen molar-refractivity contribution in [3.8, 4) is 5.75 Å². The molecular weight excluding hydrogens is 350 g/mol. The molecule has 140 valence electrons. The van der Waals surface area contributed by atoms with Gasteiger partial charge in [0.2, 0.25) is 5.91 Å². The van der Waals surface area contributed by atoms with Crippen molar-refractivity contribution in [2.45, 2.75) is 63.9 Å². The minimum absolute atomic E-state index is 0.0974. The molecule has 3 aliphatic rings. The van der Waals surface area contributed by atoms with Crippen LogP contribution in [0.25, 0.3) is 0 Å². The van der Waals surface area contributed by atoms with Gasteiger partial charge in [0, 0.05) is 36.9 Å². The summed E-state index contributed by atoms with van der Waals surface area (Å²) >= 11 is 6.16. The Labute approximate surface area is 159 Å². The molecule has 2 heterocycles. The fourth-order valence-corrected chi connectivity index (χ4v) is 4.80. The van der Waals surface area contributed by atoms with Crippen molar-refractivity contribution in [3.05, 3.63) is 28.3 Å². The first-order valence-electron chi connectivity index (χ1n) is 9.79. The molecule has 26 heavy (non-hydrogen) atoms. The summed E-state index contributed by atoms with van der Waals surface area (Å²) in [4.78, 5) is 27.4. The molecule has 2 fully saturated rings. The second-order valence-corrected chi connectivity index (χ2v) is 8.55. The topological polar surface area (TPSA) is 46.6 Å². The Morgan fingerprint density at radius 3 is 2.58 bits per heavy atom. The molecule has 1 amide bonds. The van der Waals surface area contributed by atoms with Crippen LogP contribution in [0.15, 0.2) is 12.1 Å². The van der Waals surface area contributed by atoms with E-state index in [1.54, 1.807) is 6.07 Å². The molecule has 4 nitrogen and oxygen atoms in total. The molecule has 4 rings (SSSR count). The summed E-state index contributed by atoms with van der Waals surface area (Å²) in [6, 6.07) is 3.60. The highest BCUT2D eigenvalue weighted by atomic mass is 35.5. The third-order valence-electron chi connectivity index (χ3n) is 6.31. The van der Waals surface area contributed by atoms with Crippen molar-refractivity contribution in [2.24, 2.45) is 5.92 Å². The average Bonchev–Trinajstić information content (AvgIpc) is 2.64. The fourth-order valence-electron chi connectivity index (χ4n) is 4.64. The predicted octanol–water partition coefficient (Wildman–Crippen LogP) is 4.56. The van der Waals surface area contributed by atoms with Gasteiger partial charge in [-0.2, -0.15) is 0 Å². The highest BCUT2D eigenvalue weighted by Crippen LogP contribution is 2.41. The van der Waals surface area contributed by atoms with E-state index in [2.05, 4.69) is 0 Å². The number of halogens is 1. The molecule has 0 unspecified atom stereocenters. The zero-order valence-corrected chi connectivity index (χ0v) is 16.1. The summed E-state index contributed by atoms with van der Waals surface area (Å²) < 4.78 is 6.32. The minimum Gasteiger partial charge on any atom is -0.486 e. The standard InChI is InChI=1S/C21H26ClNO3/c1-14-11-19-16(12-17(14)22)18(24)13-21(26-19)7-9-23(10-8-21)20(25)15-5-3-2-4-6-15/h11-12,15H,2-10,13H2,1H3. The Bertz CT molecular complexity index is 731. The van der Waals surface area contributed by atoms with Gasteiger partial charge >= 0.3 is 0 Å². The highest BCUT2D eigenvalue weighted by Gasteiger charge is 2.44. The maximum absolute atomic E-state index is 12.8. The van der Waals surface area contributed by atoms with Gasteiger partial charge in [0.25, 0.3) is 0 Å². The molecule has 5 heteroatoms. The van der Waals surface area contributed by atoms with Crippen LogP contribution in [0.2, 0.25) is 5.02 Å². The van der Waals surface area contributed by atoms with Gasteiger partial charge in [-0.25, -0.2) is 0 Å². The maximum Gasteiger partial charge on any atom is 0.225 e. The van der Waals surface area contributed by atoms with Gasteiger partial charge in [-0.1, -0.05) is 30.9 Å². The number of ketones is 1. The number of ether oxygens (including phenoxy) is 1. The number of Topliss-reactive ketones (excluding diaryl/α,β-unsaturated/α-hetero) is 1. The zero-order valence-electron chi connectivity index (χ0n) is 15.4. The van der Waals surface area contributed by atoms with Crippen molar-refractivity contribution in [2.75, 3.05) is 13.1 Å². The van der Waals surface area contributed by atoms with Crippen LogP contribution in [0.5, 0.6) is 5.75 Å². The number of carbonyl (C=O) groups is 2. The number of hydrogen-bond acceptors (Lipinski definition) is 3. The van der Waals surface area contributed by atoms with E-state index < -0.39 is 5.60 Å². The number of amides is 1. The van der Waals surface area contributed by atoms with Gasteiger partial charge in [-0.3, -0.25) is 9.59 Å². The van der Waals surface area contributed by atoms with Gasteiger partial charge in [0.1, 0.15) is 11.4 Å². The van der Waals surface area contributed by atoms with Crippen LogP contribution in [0, 0.1) is 12.8 Å². The van der Waals surface area contributed by atoms with E-state index in [1.165, 1.54) is 19.3 Å². The molecule has 1 saturated heterocycles. The van der Waals surface area contributed by atoms with Crippen molar-refractivity contribution in [1.82, 2.24) is 4.90 Å². The van der Waals surface area contributed by atoms with E-state index in [0.717, 1.165) is 31.2 Å². The Hall–Kier alpha value is -1.55. The van der Waals surface area contributed by atoms with Gasteiger partial charge < -0.3 is 9.64 Å². The van der Waals surface area contributed by atoms with Crippen molar-refractivity contribution < 1.29 is 14.3 Å². The average molecular weight is 376 g/mol. The largest absolute Gasteiger partial charge is 0.486 e. The lowest BCUT2D eigenvalue weighted by atomic mass is 9.81. The number of piperidine rings is 1. The Morgan fingerprint density at radius 2 is 1.88 bits per heavy atom. The first-order chi connectivity index (χ1) is 12.5. The molecule has 0 N–H and O–H groups in total. The first kappa shape index (κ1) is 17.8. The number of fused-ring (bicyclic) bond motifs is 1.